The summed E-state index contributed by atoms with van der Waals surface area (Å²) in [5, 5.41) is 0.568. The number of benzene rings is 1. The molecular formula is C15H13N3O. The van der Waals surface area contributed by atoms with Crippen LogP contribution in [0, 0.1) is 0 Å². The molecule has 0 N–H and O–H groups in total. The molecule has 0 bridgehead atoms. The van der Waals surface area contributed by atoms with E-state index < -0.39 is 0 Å². The number of nitrogens with zero attached hydrogens (tertiary/aromatic N) is 3. The Labute approximate surface area is 110 Å². The van der Waals surface area contributed by atoms with Gasteiger partial charge in [0, 0.05) is 18.9 Å². The van der Waals surface area contributed by atoms with E-state index in [2.05, 4.69) is 22.1 Å². The molecule has 0 aliphatic carbocycles. The van der Waals surface area contributed by atoms with Crippen molar-refractivity contribution in [3.63, 3.8) is 0 Å². The van der Waals surface area contributed by atoms with Crippen LogP contribution in [0.5, 0.6) is 0 Å². The van der Waals surface area contributed by atoms with Crippen LogP contribution in [0.4, 0.5) is 0 Å². The Kier molecular flexibility index (Phi) is 3.06. The first kappa shape index (κ1) is 11.6. The molecule has 0 spiro atoms. The normalized spacial score (nSPS) is 10.7. The van der Waals surface area contributed by atoms with Gasteiger partial charge < -0.3 is 0 Å². The van der Waals surface area contributed by atoms with Crippen LogP contribution in [0.3, 0.4) is 0 Å². The molecule has 19 heavy (non-hydrogen) atoms. The van der Waals surface area contributed by atoms with Crippen molar-refractivity contribution in [3.8, 4) is 0 Å². The Morgan fingerprint density at radius 1 is 1.11 bits per heavy atom. The molecular weight excluding hydrogens is 238 g/mol. The van der Waals surface area contributed by atoms with Gasteiger partial charge in [-0.1, -0.05) is 30.3 Å². The molecule has 94 valence electrons. The molecule has 0 saturated carbocycles. The SMILES string of the molecule is O=c1c2cnccc2ncn1CCc1ccccc1. The van der Waals surface area contributed by atoms with Crippen LogP contribution in [-0.4, -0.2) is 14.5 Å². The number of hydrogen-bond acceptors (Lipinski definition) is 3. The highest BCUT2D eigenvalue weighted by molar-refractivity contribution is 5.75. The van der Waals surface area contributed by atoms with Crippen LogP contribution >= 0.6 is 0 Å². The molecule has 2 aromatic heterocycles. The second-order valence-corrected chi connectivity index (χ2v) is 4.37. The van der Waals surface area contributed by atoms with Crippen molar-refractivity contribution in [2.45, 2.75) is 13.0 Å². The van der Waals surface area contributed by atoms with Gasteiger partial charge in [0.05, 0.1) is 17.2 Å². The summed E-state index contributed by atoms with van der Waals surface area (Å²) in [6.45, 7) is 0.626. The Morgan fingerprint density at radius 2 is 1.95 bits per heavy atom. The zero-order valence-corrected chi connectivity index (χ0v) is 10.4. The molecule has 0 aliphatic rings. The van der Waals surface area contributed by atoms with E-state index in [1.807, 2.05) is 18.2 Å². The first-order valence-corrected chi connectivity index (χ1v) is 6.18. The van der Waals surface area contributed by atoms with E-state index in [-0.39, 0.29) is 5.56 Å². The first-order valence-electron chi connectivity index (χ1n) is 6.18. The molecule has 0 unspecified atom stereocenters. The molecule has 0 radical (unpaired) electrons. The number of fused-ring (bicyclic) bond motifs is 1. The molecule has 4 heteroatoms. The third kappa shape index (κ3) is 2.38. The van der Waals surface area contributed by atoms with Crippen molar-refractivity contribution >= 4 is 10.9 Å². The summed E-state index contributed by atoms with van der Waals surface area (Å²) in [6, 6.07) is 11.8. The van der Waals surface area contributed by atoms with Gasteiger partial charge in [0.15, 0.2) is 0 Å². The van der Waals surface area contributed by atoms with Crippen LogP contribution in [0.1, 0.15) is 5.56 Å². The summed E-state index contributed by atoms with van der Waals surface area (Å²) in [5.74, 6) is 0. The van der Waals surface area contributed by atoms with E-state index in [0.717, 1.165) is 6.42 Å². The van der Waals surface area contributed by atoms with Gasteiger partial charge in [-0.05, 0) is 18.1 Å². The molecule has 0 saturated heterocycles. The zero-order chi connectivity index (χ0) is 13.1. The predicted molar refractivity (Wildman–Crippen MR) is 73.9 cm³/mol. The lowest BCUT2D eigenvalue weighted by atomic mass is 10.1. The molecule has 3 rings (SSSR count). The number of pyridine rings is 1. The second kappa shape index (κ2) is 5.02. The number of hydrogen-bond donors (Lipinski definition) is 0. The van der Waals surface area contributed by atoms with Gasteiger partial charge in [0.25, 0.3) is 5.56 Å². The molecule has 1 aromatic carbocycles. The summed E-state index contributed by atoms with van der Waals surface area (Å²) in [6.07, 6.45) is 5.63. The van der Waals surface area contributed by atoms with Crippen molar-refractivity contribution in [2.75, 3.05) is 0 Å². The van der Waals surface area contributed by atoms with E-state index >= 15 is 0 Å². The number of rotatable bonds is 3. The number of aryl methyl sites for hydroxylation is 2. The van der Waals surface area contributed by atoms with Gasteiger partial charge in [-0.15, -0.1) is 0 Å². The molecule has 0 atom stereocenters. The van der Waals surface area contributed by atoms with Gasteiger partial charge in [0.2, 0.25) is 0 Å². The van der Waals surface area contributed by atoms with E-state index in [1.54, 1.807) is 29.4 Å². The standard InChI is InChI=1S/C15H13N3O/c19-15-13-10-16-8-6-14(13)17-11-18(15)9-7-12-4-2-1-3-5-12/h1-6,8,10-11H,7,9H2. The summed E-state index contributed by atoms with van der Waals surface area (Å²) >= 11 is 0. The van der Waals surface area contributed by atoms with Crippen molar-refractivity contribution in [1.82, 2.24) is 14.5 Å². The Morgan fingerprint density at radius 3 is 2.79 bits per heavy atom. The number of aromatic nitrogens is 3. The van der Waals surface area contributed by atoms with Crippen molar-refractivity contribution in [3.05, 3.63) is 71.0 Å². The first-order chi connectivity index (χ1) is 9.34. The minimum absolute atomic E-state index is 0.0333. The lowest BCUT2D eigenvalue weighted by Gasteiger charge is -2.06. The summed E-state index contributed by atoms with van der Waals surface area (Å²) in [5.41, 5.74) is 1.87. The molecule has 2 heterocycles. The molecule has 0 fully saturated rings. The van der Waals surface area contributed by atoms with Crippen molar-refractivity contribution < 1.29 is 0 Å². The summed E-state index contributed by atoms with van der Waals surface area (Å²) in [7, 11) is 0. The maximum Gasteiger partial charge on any atom is 0.262 e. The van der Waals surface area contributed by atoms with Gasteiger partial charge in [-0.25, -0.2) is 4.98 Å². The predicted octanol–water partition coefficient (Wildman–Crippen LogP) is 2.03. The van der Waals surface area contributed by atoms with E-state index in [0.29, 0.717) is 17.4 Å². The fourth-order valence-corrected chi connectivity index (χ4v) is 2.06. The van der Waals surface area contributed by atoms with Crippen molar-refractivity contribution in [1.29, 1.82) is 0 Å². The third-order valence-corrected chi connectivity index (χ3v) is 3.11. The highest BCUT2D eigenvalue weighted by Crippen LogP contribution is 2.04. The minimum Gasteiger partial charge on any atom is -0.298 e. The van der Waals surface area contributed by atoms with Gasteiger partial charge in [0.1, 0.15) is 0 Å². The average Bonchev–Trinajstić information content (AvgIpc) is 2.48. The third-order valence-electron chi connectivity index (χ3n) is 3.11. The Bertz CT molecular complexity index is 750. The van der Waals surface area contributed by atoms with Crippen LogP contribution in [0.2, 0.25) is 0 Å². The zero-order valence-electron chi connectivity index (χ0n) is 10.4. The molecule has 0 aliphatic heterocycles. The van der Waals surface area contributed by atoms with Gasteiger partial charge in [-0.3, -0.25) is 14.3 Å². The smallest absolute Gasteiger partial charge is 0.262 e. The molecule has 3 aromatic rings. The fourth-order valence-electron chi connectivity index (χ4n) is 2.06. The highest BCUT2D eigenvalue weighted by Gasteiger charge is 2.03. The topological polar surface area (TPSA) is 47.8 Å². The van der Waals surface area contributed by atoms with Crippen LogP contribution in [0.25, 0.3) is 10.9 Å². The van der Waals surface area contributed by atoms with E-state index in [1.165, 1.54) is 5.56 Å². The maximum absolute atomic E-state index is 12.2. The fraction of sp³-hybridized carbons (Fsp3) is 0.133. The Balaban J connectivity index is 1.90. The van der Waals surface area contributed by atoms with E-state index in [4.69, 9.17) is 0 Å². The largest absolute Gasteiger partial charge is 0.298 e. The van der Waals surface area contributed by atoms with Gasteiger partial charge >= 0.3 is 0 Å². The maximum atomic E-state index is 12.2. The second-order valence-electron chi connectivity index (χ2n) is 4.37. The molecule has 4 nitrogen and oxygen atoms in total. The lowest BCUT2D eigenvalue weighted by molar-refractivity contribution is 0.662. The van der Waals surface area contributed by atoms with Crippen LogP contribution in [0.15, 0.2) is 59.9 Å². The highest BCUT2D eigenvalue weighted by atomic mass is 16.1. The minimum atomic E-state index is -0.0333. The monoisotopic (exact) mass is 251 g/mol. The lowest BCUT2D eigenvalue weighted by Crippen LogP contribution is -2.21. The summed E-state index contributed by atoms with van der Waals surface area (Å²) < 4.78 is 1.64. The average molecular weight is 251 g/mol. The molecule has 0 amide bonds. The van der Waals surface area contributed by atoms with Crippen LogP contribution < -0.4 is 5.56 Å². The Hall–Kier alpha value is -2.49. The van der Waals surface area contributed by atoms with E-state index in [9.17, 15) is 4.79 Å². The van der Waals surface area contributed by atoms with Crippen LogP contribution in [-0.2, 0) is 13.0 Å². The quantitative estimate of drug-likeness (QED) is 0.715. The van der Waals surface area contributed by atoms with Gasteiger partial charge in [-0.2, -0.15) is 0 Å². The summed E-state index contributed by atoms with van der Waals surface area (Å²) in [4.78, 5) is 20.5. The van der Waals surface area contributed by atoms with Crippen molar-refractivity contribution in [2.24, 2.45) is 0 Å².